The maximum Gasteiger partial charge on any atom is 0.316 e. The molecule has 8 nitrogen and oxygen atoms in total. The van der Waals surface area contributed by atoms with Gasteiger partial charge in [0.05, 0.1) is 31.8 Å². The van der Waals surface area contributed by atoms with Gasteiger partial charge in [0.15, 0.2) is 5.78 Å². The van der Waals surface area contributed by atoms with Crippen molar-refractivity contribution in [2.24, 2.45) is 11.8 Å². The van der Waals surface area contributed by atoms with Crippen molar-refractivity contribution in [1.29, 1.82) is 0 Å². The minimum Gasteiger partial charge on any atom is -0.466 e. The van der Waals surface area contributed by atoms with E-state index in [-0.39, 0.29) is 23.6 Å². The lowest BCUT2D eigenvalue weighted by Gasteiger charge is -2.34. The van der Waals surface area contributed by atoms with Gasteiger partial charge < -0.3 is 14.6 Å². The number of aliphatic hydroxyl groups is 1. The fourth-order valence-electron chi connectivity index (χ4n) is 4.86. The van der Waals surface area contributed by atoms with Crippen LogP contribution in [0.4, 0.5) is 0 Å². The molecule has 3 unspecified atom stereocenters. The van der Waals surface area contributed by atoms with Crippen LogP contribution in [-0.4, -0.2) is 78.1 Å². The lowest BCUT2D eigenvalue weighted by atomic mass is 9.93. The molecule has 2 aliphatic rings. The number of likely N-dealkylation sites (tertiary alicyclic amines) is 2. The molecule has 3 atom stereocenters. The first kappa shape index (κ1) is 29.5. The van der Waals surface area contributed by atoms with E-state index in [0.29, 0.717) is 39.1 Å². The van der Waals surface area contributed by atoms with E-state index in [1.54, 1.807) is 13.8 Å². The van der Waals surface area contributed by atoms with Crippen LogP contribution in [-0.2, 0) is 36.9 Å². The largest absolute Gasteiger partial charge is 0.466 e. The zero-order valence-electron chi connectivity index (χ0n) is 22.5. The Morgan fingerprint density at radius 2 is 1.34 bits per heavy atom. The molecule has 2 heterocycles. The molecule has 38 heavy (non-hydrogen) atoms. The SMILES string of the molecule is CCOC(=O)C1CCN(Cc2ccccc2)CC1=O.CCOC(=O)C1CCN(Cc2ccccc2)CC1O. The summed E-state index contributed by atoms with van der Waals surface area (Å²) in [5.41, 5.74) is 2.41. The molecule has 206 valence electrons. The average Bonchev–Trinajstić information content (AvgIpc) is 2.91. The lowest BCUT2D eigenvalue weighted by molar-refractivity contribution is -0.155. The number of β-amino-alcohol motifs (C(OH)–C–C–N with tert-alkyl or cyclic N) is 1. The van der Waals surface area contributed by atoms with Crippen LogP contribution in [0.25, 0.3) is 0 Å². The molecule has 0 radical (unpaired) electrons. The second-order valence-corrected chi connectivity index (χ2v) is 9.69. The minimum absolute atomic E-state index is 0.0272. The van der Waals surface area contributed by atoms with Gasteiger partial charge in [-0.2, -0.15) is 0 Å². The molecule has 0 amide bonds. The van der Waals surface area contributed by atoms with E-state index in [1.807, 2.05) is 48.5 Å². The van der Waals surface area contributed by atoms with Crippen molar-refractivity contribution in [3.05, 3.63) is 71.8 Å². The number of aliphatic hydroxyl groups excluding tert-OH is 1. The highest BCUT2D eigenvalue weighted by molar-refractivity contribution is 6.00. The fourth-order valence-corrected chi connectivity index (χ4v) is 4.86. The quantitative estimate of drug-likeness (QED) is 0.416. The van der Waals surface area contributed by atoms with Gasteiger partial charge in [-0.3, -0.25) is 24.2 Å². The van der Waals surface area contributed by atoms with Gasteiger partial charge in [0, 0.05) is 26.2 Å². The first-order valence-corrected chi connectivity index (χ1v) is 13.5. The van der Waals surface area contributed by atoms with Crippen molar-refractivity contribution < 1.29 is 29.0 Å². The Labute approximate surface area is 225 Å². The second-order valence-electron chi connectivity index (χ2n) is 9.69. The van der Waals surface area contributed by atoms with E-state index < -0.39 is 12.0 Å². The normalized spacial score (nSPS) is 22.2. The van der Waals surface area contributed by atoms with Crippen LogP contribution in [0.3, 0.4) is 0 Å². The van der Waals surface area contributed by atoms with Crippen molar-refractivity contribution in [1.82, 2.24) is 9.80 Å². The third kappa shape index (κ3) is 9.04. The Hall–Kier alpha value is -3.07. The number of hydrogen-bond donors (Lipinski definition) is 1. The van der Waals surface area contributed by atoms with Crippen molar-refractivity contribution in [3.63, 3.8) is 0 Å². The van der Waals surface area contributed by atoms with E-state index >= 15 is 0 Å². The Balaban J connectivity index is 0.000000211. The topological polar surface area (TPSA) is 96.4 Å². The highest BCUT2D eigenvalue weighted by Gasteiger charge is 2.34. The molecule has 0 aliphatic carbocycles. The van der Waals surface area contributed by atoms with Gasteiger partial charge in [-0.1, -0.05) is 60.7 Å². The number of ether oxygens (including phenoxy) is 2. The molecule has 0 saturated carbocycles. The van der Waals surface area contributed by atoms with Crippen LogP contribution >= 0.6 is 0 Å². The average molecular weight is 525 g/mol. The number of carbonyl (C=O) groups excluding carboxylic acids is 3. The highest BCUT2D eigenvalue weighted by atomic mass is 16.5. The van der Waals surface area contributed by atoms with E-state index in [4.69, 9.17) is 9.47 Å². The first-order valence-electron chi connectivity index (χ1n) is 13.5. The highest BCUT2D eigenvalue weighted by Crippen LogP contribution is 2.21. The van der Waals surface area contributed by atoms with Gasteiger partial charge in [0.25, 0.3) is 0 Å². The molecule has 0 aromatic heterocycles. The summed E-state index contributed by atoms with van der Waals surface area (Å²) < 4.78 is 9.91. The van der Waals surface area contributed by atoms with Crippen molar-refractivity contribution >= 4 is 17.7 Å². The van der Waals surface area contributed by atoms with Gasteiger partial charge >= 0.3 is 11.9 Å². The maximum atomic E-state index is 12.0. The predicted octanol–water partition coefficient (Wildman–Crippen LogP) is 3.07. The van der Waals surface area contributed by atoms with Crippen molar-refractivity contribution in [2.75, 3.05) is 39.4 Å². The molecule has 2 saturated heterocycles. The van der Waals surface area contributed by atoms with Crippen molar-refractivity contribution in [2.45, 2.75) is 45.9 Å². The molecular formula is C30H40N2O6. The van der Waals surface area contributed by atoms with E-state index in [0.717, 1.165) is 26.2 Å². The number of Topliss-reactive ketones (excluding diaryl/α,β-unsaturated/α-hetero) is 1. The van der Waals surface area contributed by atoms with Gasteiger partial charge in [0.1, 0.15) is 5.92 Å². The number of esters is 2. The predicted molar refractivity (Wildman–Crippen MR) is 144 cm³/mol. The van der Waals surface area contributed by atoms with Crippen LogP contribution in [0.5, 0.6) is 0 Å². The van der Waals surface area contributed by atoms with E-state index in [9.17, 15) is 19.5 Å². The molecule has 4 rings (SSSR count). The number of hydrogen-bond acceptors (Lipinski definition) is 8. The Morgan fingerprint density at radius 1 is 0.816 bits per heavy atom. The Morgan fingerprint density at radius 3 is 1.87 bits per heavy atom. The minimum atomic E-state index is -0.628. The summed E-state index contributed by atoms with van der Waals surface area (Å²) in [6.45, 7) is 8.24. The van der Waals surface area contributed by atoms with E-state index in [1.165, 1.54) is 11.1 Å². The molecular weight excluding hydrogens is 484 g/mol. The molecule has 1 N–H and O–H groups in total. The third-order valence-corrected chi connectivity index (χ3v) is 6.83. The summed E-state index contributed by atoms with van der Waals surface area (Å²) in [6, 6.07) is 20.2. The first-order chi connectivity index (χ1) is 18.4. The van der Waals surface area contributed by atoms with Gasteiger partial charge in [-0.15, -0.1) is 0 Å². The summed E-state index contributed by atoms with van der Waals surface area (Å²) in [7, 11) is 0. The number of ketones is 1. The summed E-state index contributed by atoms with van der Waals surface area (Å²) in [6.07, 6.45) is 0.591. The molecule has 2 aliphatic heterocycles. The monoisotopic (exact) mass is 524 g/mol. The third-order valence-electron chi connectivity index (χ3n) is 6.83. The summed E-state index contributed by atoms with van der Waals surface area (Å²) in [4.78, 5) is 39.5. The lowest BCUT2D eigenvalue weighted by Crippen LogP contribution is -2.46. The Kier molecular flexibility index (Phi) is 11.9. The van der Waals surface area contributed by atoms with Crippen LogP contribution in [0, 0.1) is 11.8 Å². The standard InChI is InChI=1S/C15H21NO3.C15H19NO3/c2*1-2-19-15(18)13-8-9-16(11-14(13)17)10-12-6-4-3-5-7-12/h3-7,13-14,17H,2,8-11H2,1H3;3-7,13H,2,8-11H2,1H3. The number of rotatable bonds is 8. The smallest absolute Gasteiger partial charge is 0.316 e. The summed E-state index contributed by atoms with van der Waals surface area (Å²) >= 11 is 0. The number of carbonyl (C=O) groups is 3. The zero-order chi connectivity index (χ0) is 27.3. The fraction of sp³-hybridized carbons (Fsp3) is 0.500. The second kappa shape index (κ2) is 15.4. The zero-order valence-corrected chi connectivity index (χ0v) is 22.5. The molecule has 0 spiro atoms. The summed E-state index contributed by atoms with van der Waals surface area (Å²) in [5.74, 6) is -1.60. The number of nitrogens with zero attached hydrogens (tertiary/aromatic N) is 2. The Bertz CT molecular complexity index is 1020. The molecule has 8 heteroatoms. The van der Waals surface area contributed by atoms with Crippen LogP contribution in [0.15, 0.2) is 60.7 Å². The number of piperidine rings is 2. The molecule has 2 fully saturated rings. The van der Waals surface area contributed by atoms with Gasteiger partial charge in [-0.25, -0.2) is 0 Å². The van der Waals surface area contributed by atoms with Crippen LogP contribution in [0.2, 0.25) is 0 Å². The van der Waals surface area contributed by atoms with Crippen molar-refractivity contribution in [3.8, 4) is 0 Å². The summed E-state index contributed by atoms with van der Waals surface area (Å²) in [5, 5.41) is 10.1. The van der Waals surface area contributed by atoms with Gasteiger partial charge in [-0.05, 0) is 44.4 Å². The van der Waals surface area contributed by atoms with Crippen LogP contribution < -0.4 is 0 Å². The van der Waals surface area contributed by atoms with Gasteiger partial charge in [0.2, 0.25) is 0 Å². The maximum absolute atomic E-state index is 12.0. The molecule has 2 aromatic carbocycles. The number of benzene rings is 2. The molecule has 0 bridgehead atoms. The van der Waals surface area contributed by atoms with E-state index in [2.05, 4.69) is 21.9 Å². The van der Waals surface area contributed by atoms with Crippen LogP contribution in [0.1, 0.15) is 37.8 Å². The molecule has 2 aromatic rings.